The Labute approximate surface area is 147 Å². The Hall–Kier alpha value is -2.03. The summed E-state index contributed by atoms with van der Waals surface area (Å²) in [4.78, 5) is 24.6. The van der Waals surface area contributed by atoms with Gasteiger partial charge in [0.1, 0.15) is 5.82 Å². The minimum atomic E-state index is -0.511. The van der Waals surface area contributed by atoms with Gasteiger partial charge in [-0.25, -0.2) is 4.39 Å². The minimum Gasteiger partial charge on any atom is -0.329 e. The molecule has 3 rings (SSSR count). The van der Waals surface area contributed by atoms with Gasteiger partial charge in [-0.15, -0.1) is 12.4 Å². The lowest BCUT2D eigenvalue weighted by molar-refractivity contribution is -0.380. The Morgan fingerprint density at radius 3 is 2.88 bits per heavy atom. The molecule has 1 amide bonds. The molecule has 0 bridgehead atoms. The number of carbonyl (C=O) groups excluding carboxylic acids is 1. The van der Waals surface area contributed by atoms with Crippen LogP contribution in [0.15, 0.2) is 35.7 Å². The second-order valence-electron chi connectivity index (χ2n) is 5.20. The van der Waals surface area contributed by atoms with Gasteiger partial charge < -0.3 is 10.2 Å². The zero-order chi connectivity index (χ0) is 16.4. The van der Waals surface area contributed by atoms with Gasteiger partial charge in [0.25, 0.3) is 5.91 Å². The average molecular weight is 372 g/mol. The van der Waals surface area contributed by atoms with Gasteiger partial charge in [0.15, 0.2) is 0 Å². The van der Waals surface area contributed by atoms with Gasteiger partial charge in [-0.2, -0.15) is 0 Å². The van der Waals surface area contributed by atoms with Crippen LogP contribution in [0.5, 0.6) is 0 Å². The SMILES string of the molecule is Cl.O=C(c1csc([N+](=O)[O-])c1)N1CCNCC1c1cccc(F)c1. The van der Waals surface area contributed by atoms with Crippen molar-refractivity contribution in [2.45, 2.75) is 6.04 Å². The predicted octanol–water partition coefficient (Wildman–Crippen LogP) is 3.00. The van der Waals surface area contributed by atoms with Crippen molar-refractivity contribution < 1.29 is 14.1 Å². The van der Waals surface area contributed by atoms with Crippen molar-refractivity contribution in [3.63, 3.8) is 0 Å². The topological polar surface area (TPSA) is 75.5 Å². The van der Waals surface area contributed by atoms with E-state index in [9.17, 15) is 19.3 Å². The first-order valence-corrected chi connectivity index (χ1v) is 7.94. The molecule has 0 saturated carbocycles. The maximum absolute atomic E-state index is 13.5. The van der Waals surface area contributed by atoms with E-state index >= 15 is 0 Å². The number of thiophene rings is 1. The van der Waals surface area contributed by atoms with Crippen LogP contribution >= 0.6 is 23.7 Å². The molecule has 1 aliphatic rings. The number of carbonyl (C=O) groups is 1. The fourth-order valence-electron chi connectivity index (χ4n) is 2.66. The van der Waals surface area contributed by atoms with Crippen molar-refractivity contribution in [3.8, 4) is 0 Å². The Balaban J connectivity index is 0.00000208. The summed E-state index contributed by atoms with van der Waals surface area (Å²) in [7, 11) is 0. The number of hydrogen-bond donors (Lipinski definition) is 1. The van der Waals surface area contributed by atoms with Gasteiger partial charge in [-0.1, -0.05) is 23.5 Å². The minimum absolute atomic E-state index is 0. The van der Waals surface area contributed by atoms with Crippen LogP contribution in [0.2, 0.25) is 0 Å². The van der Waals surface area contributed by atoms with Gasteiger partial charge in [0.2, 0.25) is 0 Å². The van der Waals surface area contributed by atoms with E-state index in [4.69, 9.17) is 0 Å². The van der Waals surface area contributed by atoms with E-state index in [1.54, 1.807) is 17.0 Å². The lowest BCUT2D eigenvalue weighted by atomic mass is 10.0. The number of hydrogen-bond acceptors (Lipinski definition) is 5. The molecule has 1 aromatic heterocycles. The zero-order valence-corrected chi connectivity index (χ0v) is 14.1. The van der Waals surface area contributed by atoms with E-state index in [0.29, 0.717) is 30.8 Å². The van der Waals surface area contributed by atoms with E-state index < -0.39 is 4.92 Å². The predicted molar refractivity (Wildman–Crippen MR) is 91.3 cm³/mol. The monoisotopic (exact) mass is 371 g/mol. The molecule has 24 heavy (non-hydrogen) atoms. The van der Waals surface area contributed by atoms with Crippen LogP contribution < -0.4 is 5.32 Å². The quantitative estimate of drug-likeness (QED) is 0.664. The molecule has 6 nitrogen and oxygen atoms in total. The van der Waals surface area contributed by atoms with Crippen molar-refractivity contribution in [2.75, 3.05) is 19.6 Å². The maximum atomic E-state index is 13.5. The molecule has 1 aromatic carbocycles. The highest BCUT2D eigenvalue weighted by molar-refractivity contribution is 7.13. The molecule has 0 aliphatic carbocycles. The first-order chi connectivity index (χ1) is 11.1. The third-order valence-corrected chi connectivity index (χ3v) is 4.63. The standard InChI is InChI=1S/C15H14FN3O3S.ClH/c16-12-3-1-2-10(6-12)13-8-17-4-5-18(13)15(20)11-7-14(19(21)22)23-9-11;/h1-3,6-7,9,13,17H,4-5,8H2;1H. The highest BCUT2D eigenvalue weighted by atomic mass is 35.5. The van der Waals surface area contributed by atoms with Crippen LogP contribution in [0.3, 0.4) is 0 Å². The molecule has 2 heterocycles. The fourth-order valence-corrected chi connectivity index (χ4v) is 3.36. The molecule has 0 spiro atoms. The van der Waals surface area contributed by atoms with Crippen LogP contribution in [-0.2, 0) is 0 Å². The lowest BCUT2D eigenvalue weighted by Crippen LogP contribution is -2.48. The summed E-state index contributed by atoms with van der Waals surface area (Å²) in [5.74, 6) is -0.628. The van der Waals surface area contributed by atoms with Gasteiger partial charge >= 0.3 is 5.00 Å². The number of halogens is 2. The van der Waals surface area contributed by atoms with Crippen molar-refractivity contribution in [1.82, 2.24) is 10.2 Å². The van der Waals surface area contributed by atoms with E-state index in [1.165, 1.54) is 23.6 Å². The third-order valence-electron chi connectivity index (χ3n) is 3.75. The van der Waals surface area contributed by atoms with Crippen LogP contribution in [-0.4, -0.2) is 35.4 Å². The zero-order valence-electron chi connectivity index (χ0n) is 12.5. The molecular weight excluding hydrogens is 357 g/mol. The van der Waals surface area contributed by atoms with Crippen LogP contribution in [0.4, 0.5) is 9.39 Å². The summed E-state index contributed by atoms with van der Waals surface area (Å²) in [5, 5.41) is 15.4. The normalized spacial score (nSPS) is 17.2. The van der Waals surface area contributed by atoms with Gasteiger partial charge in [-0.3, -0.25) is 14.9 Å². The molecular formula is C15H15ClFN3O3S. The third kappa shape index (κ3) is 3.72. The summed E-state index contributed by atoms with van der Waals surface area (Å²) >= 11 is 0.927. The molecule has 1 unspecified atom stereocenters. The van der Waals surface area contributed by atoms with E-state index in [-0.39, 0.29) is 35.2 Å². The van der Waals surface area contributed by atoms with E-state index in [2.05, 4.69) is 5.32 Å². The molecule has 9 heteroatoms. The summed E-state index contributed by atoms with van der Waals surface area (Å²) in [6, 6.07) is 7.14. The first kappa shape index (κ1) is 18.3. The van der Waals surface area contributed by atoms with Gasteiger partial charge in [-0.05, 0) is 17.7 Å². The van der Waals surface area contributed by atoms with Crippen molar-refractivity contribution in [2.24, 2.45) is 0 Å². The molecule has 1 N–H and O–H groups in total. The number of nitrogens with zero attached hydrogens (tertiary/aromatic N) is 2. The van der Waals surface area contributed by atoms with Gasteiger partial charge in [0.05, 0.1) is 16.5 Å². The van der Waals surface area contributed by atoms with Crippen molar-refractivity contribution in [1.29, 1.82) is 0 Å². The smallest absolute Gasteiger partial charge is 0.324 e. The number of nitro groups is 1. The molecule has 128 valence electrons. The van der Waals surface area contributed by atoms with Gasteiger partial charge in [0, 0.05) is 31.1 Å². The molecule has 0 radical (unpaired) electrons. The number of rotatable bonds is 3. The fraction of sp³-hybridized carbons (Fsp3) is 0.267. The van der Waals surface area contributed by atoms with E-state index in [1.807, 2.05) is 0 Å². The Morgan fingerprint density at radius 2 is 2.21 bits per heavy atom. The summed E-state index contributed by atoms with van der Waals surface area (Å²) in [6.45, 7) is 1.61. The number of nitrogens with one attached hydrogen (secondary N) is 1. The summed E-state index contributed by atoms with van der Waals surface area (Å²) in [6.07, 6.45) is 0. The highest BCUT2D eigenvalue weighted by Crippen LogP contribution is 2.28. The first-order valence-electron chi connectivity index (χ1n) is 7.06. The highest BCUT2D eigenvalue weighted by Gasteiger charge is 2.30. The summed E-state index contributed by atoms with van der Waals surface area (Å²) in [5.41, 5.74) is 1.00. The average Bonchev–Trinajstić information content (AvgIpc) is 3.04. The Bertz CT molecular complexity index is 755. The molecule has 1 saturated heterocycles. The molecule has 1 aliphatic heterocycles. The van der Waals surface area contributed by atoms with Crippen LogP contribution in [0, 0.1) is 15.9 Å². The van der Waals surface area contributed by atoms with Crippen molar-refractivity contribution in [3.05, 3.63) is 62.8 Å². The second kappa shape index (κ2) is 7.69. The number of benzene rings is 1. The molecule has 1 atom stereocenters. The maximum Gasteiger partial charge on any atom is 0.324 e. The molecule has 2 aromatic rings. The lowest BCUT2D eigenvalue weighted by Gasteiger charge is -2.36. The van der Waals surface area contributed by atoms with Crippen LogP contribution in [0.25, 0.3) is 0 Å². The Kier molecular flexibility index (Phi) is 5.87. The van der Waals surface area contributed by atoms with Crippen molar-refractivity contribution >= 4 is 34.7 Å². The van der Waals surface area contributed by atoms with E-state index in [0.717, 1.165) is 11.3 Å². The largest absolute Gasteiger partial charge is 0.329 e. The summed E-state index contributed by atoms with van der Waals surface area (Å²) < 4.78 is 13.5. The van der Waals surface area contributed by atoms with Crippen LogP contribution in [0.1, 0.15) is 22.0 Å². The number of amides is 1. The second-order valence-corrected chi connectivity index (χ2v) is 6.09. The molecule has 1 fully saturated rings. The Morgan fingerprint density at radius 1 is 1.42 bits per heavy atom. The number of piperazine rings is 1.